The van der Waals surface area contributed by atoms with Gasteiger partial charge in [0.15, 0.2) is 0 Å². The van der Waals surface area contributed by atoms with Gasteiger partial charge in [0.2, 0.25) is 5.91 Å². The third kappa shape index (κ3) is 5.95. The van der Waals surface area contributed by atoms with Gasteiger partial charge >= 0.3 is 0 Å². The fraction of sp³-hybridized carbons (Fsp3) is 0.174. The fourth-order valence-corrected chi connectivity index (χ4v) is 5.50. The monoisotopic (exact) mass is 524 g/mol. The lowest BCUT2D eigenvalue weighted by molar-refractivity contribution is -0.114. The molecule has 0 unspecified atom stereocenters. The van der Waals surface area contributed by atoms with Crippen LogP contribution in [0.3, 0.4) is 0 Å². The molecule has 3 aromatic rings. The summed E-state index contributed by atoms with van der Waals surface area (Å²) < 4.78 is 33.7. The normalized spacial score (nSPS) is 11.2. The molecule has 0 aliphatic heterocycles. The van der Waals surface area contributed by atoms with E-state index in [2.05, 4.69) is 5.32 Å². The SMILES string of the molecule is COc1ccc(C)cc1S(=O)(=O)N(CC(=O)Nc1cccc(SC)c1)c1ccc(Cl)c(Cl)c1. The van der Waals surface area contributed by atoms with E-state index in [9.17, 15) is 13.2 Å². The topological polar surface area (TPSA) is 75.7 Å². The maximum absolute atomic E-state index is 13.7. The van der Waals surface area contributed by atoms with E-state index in [0.29, 0.717) is 5.69 Å². The Morgan fingerprint density at radius 3 is 2.48 bits per heavy atom. The number of benzene rings is 3. The fourth-order valence-electron chi connectivity index (χ4n) is 3.09. The summed E-state index contributed by atoms with van der Waals surface area (Å²) in [7, 11) is -2.82. The zero-order valence-electron chi connectivity index (χ0n) is 18.1. The van der Waals surface area contributed by atoms with Crippen LogP contribution < -0.4 is 14.4 Å². The lowest BCUT2D eigenvalue weighted by atomic mass is 10.2. The van der Waals surface area contributed by atoms with Crippen molar-refractivity contribution < 1.29 is 17.9 Å². The zero-order chi connectivity index (χ0) is 24.2. The molecule has 0 spiro atoms. The second-order valence-corrected chi connectivity index (χ2v) is 10.6. The number of anilines is 2. The number of methoxy groups -OCH3 is 1. The predicted molar refractivity (Wildman–Crippen MR) is 136 cm³/mol. The van der Waals surface area contributed by atoms with Gasteiger partial charge in [-0.05, 0) is 67.3 Å². The molecule has 1 N–H and O–H groups in total. The first kappa shape index (κ1) is 25.2. The quantitative estimate of drug-likeness (QED) is 0.373. The summed E-state index contributed by atoms with van der Waals surface area (Å²) in [5, 5.41) is 3.19. The minimum atomic E-state index is -4.21. The Balaban J connectivity index is 2.03. The number of carbonyl (C=O) groups is 1. The first-order valence-electron chi connectivity index (χ1n) is 9.72. The van der Waals surface area contributed by atoms with Crippen LogP contribution in [0.4, 0.5) is 11.4 Å². The lowest BCUT2D eigenvalue weighted by Gasteiger charge is -2.25. The highest BCUT2D eigenvalue weighted by atomic mass is 35.5. The first-order valence-corrected chi connectivity index (χ1v) is 13.1. The number of aryl methyl sites for hydroxylation is 1. The van der Waals surface area contributed by atoms with Crippen LogP contribution in [0.5, 0.6) is 5.75 Å². The molecule has 3 aromatic carbocycles. The van der Waals surface area contributed by atoms with Crippen molar-refractivity contribution in [1.29, 1.82) is 0 Å². The van der Waals surface area contributed by atoms with E-state index in [0.717, 1.165) is 14.8 Å². The number of sulfonamides is 1. The number of amides is 1. The summed E-state index contributed by atoms with van der Waals surface area (Å²) >= 11 is 13.7. The first-order chi connectivity index (χ1) is 15.6. The molecule has 0 aliphatic carbocycles. The molecular weight excluding hydrogens is 503 g/mol. The third-order valence-electron chi connectivity index (χ3n) is 4.72. The summed E-state index contributed by atoms with van der Waals surface area (Å²) in [5.41, 5.74) is 1.48. The van der Waals surface area contributed by atoms with E-state index < -0.39 is 22.5 Å². The number of carbonyl (C=O) groups excluding carboxylic acids is 1. The molecule has 0 bridgehead atoms. The second-order valence-electron chi connectivity index (χ2n) is 7.04. The van der Waals surface area contributed by atoms with Crippen LogP contribution in [0.1, 0.15) is 5.56 Å². The Morgan fingerprint density at radius 2 is 1.82 bits per heavy atom. The van der Waals surface area contributed by atoms with Crippen LogP contribution >= 0.6 is 35.0 Å². The molecule has 0 saturated heterocycles. The van der Waals surface area contributed by atoms with Crippen LogP contribution in [-0.2, 0) is 14.8 Å². The molecular formula is C23H22Cl2N2O4S2. The van der Waals surface area contributed by atoms with Crippen molar-refractivity contribution in [2.75, 3.05) is 29.5 Å². The van der Waals surface area contributed by atoms with Gasteiger partial charge in [-0.1, -0.05) is 35.3 Å². The van der Waals surface area contributed by atoms with Gasteiger partial charge in [-0.3, -0.25) is 9.10 Å². The summed E-state index contributed by atoms with van der Waals surface area (Å²) in [6.45, 7) is 1.29. The predicted octanol–water partition coefficient (Wildman–Crippen LogP) is 5.87. The van der Waals surface area contributed by atoms with Gasteiger partial charge in [-0.2, -0.15) is 0 Å². The van der Waals surface area contributed by atoms with Crippen molar-refractivity contribution in [1.82, 2.24) is 0 Å². The molecule has 0 fully saturated rings. The van der Waals surface area contributed by atoms with Crippen molar-refractivity contribution >= 4 is 62.3 Å². The molecule has 0 saturated carbocycles. The Hall–Kier alpha value is -2.39. The summed E-state index contributed by atoms with van der Waals surface area (Å²) in [6.07, 6.45) is 1.93. The number of nitrogens with one attached hydrogen (secondary N) is 1. The van der Waals surface area contributed by atoms with E-state index in [1.54, 1.807) is 25.1 Å². The lowest BCUT2D eigenvalue weighted by Crippen LogP contribution is -2.38. The van der Waals surface area contributed by atoms with Gasteiger partial charge in [-0.25, -0.2) is 8.42 Å². The molecule has 0 aliphatic rings. The Kier molecular flexibility index (Phi) is 8.18. The highest BCUT2D eigenvalue weighted by Gasteiger charge is 2.30. The molecule has 0 aromatic heterocycles. The number of thioether (sulfide) groups is 1. The number of hydrogen-bond donors (Lipinski definition) is 1. The van der Waals surface area contributed by atoms with Crippen LogP contribution in [0, 0.1) is 6.92 Å². The maximum Gasteiger partial charge on any atom is 0.268 e. The molecule has 33 heavy (non-hydrogen) atoms. The van der Waals surface area contributed by atoms with E-state index in [4.69, 9.17) is 27.9 Å². The molecule has 174 valence electrons. The van der Waals surface area contributed by atoms with Gasteiger partial charge in [-0.15, -0.1) is 11.8 Å². The molecule has 0 heterocycles. The molecule has 1 amide bonds. The zero-order valence-corrected chi connectivity index (χ0v) is 21.3. The Bertz CT molecular complexity index is 1280. The van der Waals surface area contributed by atoms with Crippen LogP contribution in [0.15, 0.2) is 70.5 Å². The van der Waals surface area contributed by atoms with Crippen molar-refractivity contribution in [3.63, 3.8) is 0 Å². The van der Waals surface area contributed by atoms with E-state index >= 15 is 0 Å². The average Bonchev–Trinajstić information content (AvgIpc) is 2.79. The number of halogens is 2. The van der Waals surface area contributed by atoms with Gasteiger partial charge < -0.3 is 10.1 Å². The minimum Gasteiger partial charge on any atom is -0.495 e. The maximum atomic E-state index is 13.7. The molecule has 10 heteroatoms. The number of ether oxygens (including phenoxy) is 1. The molecule has 0 radical (unpaired) electrons. The van der Waals surface area contributed by atoms with Crippen LogP contribution in [0.2, 0.25) is 10.0 Å². The van der Waals surface area contributed by atoms with Gasteiger partial charge in [0.25, 0.3) is 10.0 Å². The summed E-state index contributed by atoms with van der Waals surface area (Å²) in [6, 6.07) is 16.5. The van der Waals surface area contributed by atoms with Crippen LogP contribution in [-0.4, -0.2) is 34.2 Å². The standard InChI is InChI=1S/C23H22Cl2N2O4S2/c1-15-7-10-21(31-2)22(11-15)33(29,30)27(17-8-9-19(24)20(25)13-17)14-23(28)26-16-5-4-6-18(12-16)32-3/h4-13H,14H2,1-3H3,(H,26,28). The van der Waals surface area contributed by atoms with Gasteiger partial charge in [0.05, 0.1) is 22.8 Å². The third-order valence-corrected chi connectivity index (χ3v) is 7.98. The van der Waals surface area contributed by atoms with Crippen molar-refractivity contribution in [3.8, 4) is 5.75 Å². The van der Waals surface area contributed by atoms with E-state index in [-0.39, 0.29) is 26.4 Å². The van der Waals surface area contributed by atoms with Crippen LogP contribution in [0.25, 0.3) is 0 Å². The highest BCUT2D eigenvalue weighted by Crippen LogP contribution is 2.34. The van der Waals surface area contributed by atoms with Crippen molar-refractivity contribution in [2.24, 2.45) is 0 Å². The Morgan fingerprint density at radius 1 is 1.06 bits per heavy atom. The molecule has 6 nitrogen and oxygen atoms in total. The summed E-state index contributed by atoms with van der Waals surface area (Å²) in [4.78, 5) is 13.8. The average molecular weight is 525 g/mol. The number of hydrogen-bond acceptors (Lipinski definition) is 5. The van der Waals surface area contributed by atoms with E-state index in [1.165, 1.54) is 43.1 Å². The smallest absolute Gasteiger partial charge is 0.268 e. The van der Waals surface area contributed by atoms with Crippen molar-refractivity contribution in [2.45, 2.75) is 16.7 Å². The highest BCUT2D eigenvalue weighted by molar-refractivity contribution is 7.98. The number of nitrogens with zero attached hydrogens (tertiary/aromatic N) is 1. The van der Waals surface area contributed by atoms with Gasteiger partial charge in [0, 0.05) is 10.6 Å². The van der Waals surface area contributed by atoms with Crippen molar-refractivity contribution in [3.05, 3.63) is 76.3 Å². The summed E-state index contributed by atoms with van der Waals surface area (Å²) in [5.74, 6) is -0.353. The molecule has 0 atom stereocenters. The Labute approximate surface area is 207 Å². The minimum absolute atomic E-state index is 0.0618. The van der Waals surface area contributed by atoms with Gasteiger partial charge in [0.1, 0.15) is 17.2 Å². The second kappa shape index (κ2) is 10.7. The van der Waals surface area contributed by atoms with E-state index in [1.807, 2.05) is 24.5 Å². The molecule has 3 rings (SSSR count). The number of rotatable bonds is 8. The largest absolute Gasteiger partial charge is 0.495 e.